The standard InChI is InChI=1S/C29H26N4O4/c34-28(35)17-25-20-7-6-19-10-12-32(18-23(19)14-20)29(36)22-4-3-5-24(15-22)37-13-2-1-11-33-27-9-8-21(25)16-26(27)30-31-33/h2-9,13-16,25H,1,10-12,17-18H2,(H,34,35)/b13-2-. The molecular weight excluding hydrogens is 468 g/mol. The highest BCUT2D eigenvalue weighted by atomic mass is 16.5. The molecule has 0 saturated carbocycles. The maximum atomic E-state index is 13.4. The minimum Gasteiger partial charge on any atom is -0.481 e. The van der Waals surface area contributed by atoms with Crippen LogP contribution in [0.15, 0.2) is 73.0 Å². The first-order chi connectivity index (χ1) is 18.0. The molecule has 1 atom stereocenters. The molecule has 1 amide bonds. The summed E-state index contributed by atoms with van der Waals surface area (Å²) < 4.78 is 7.60. The van der Waals surface area contributed by atoms with Crippen molar-refractivity contribution < 1.29 is 19.4 Å². The van der Waals surface area contributed by atoms with Crippen molar-refractivity contribution in [3.8, 4) is 5.75 Å². The number of aryl methyl sites for hydroxylation is 1. The minimum absolute atomic E-state index is 0.0430. The van der Waals surface area contributed by atoms with Gasteiger partial charge in [-0.25, -0.2) is 4.68 Å². The van der Waals surface area contributed by atoms with E-state index in [-0.39, 0.29) is 18.2 Å². The van der Waals surface area contributed by atoms with Crippen LogP contribution in [-0.4, -0.2) is 43.4 Å². The number of fused-ring (bicyclic) bond motifs is 4. The first-order valence-electron chi connectivity index (χ1n) is 12.4. The van der Waals surface area contributed by atoms with Gasteiger partial charge in [-0.2, -0.15) is 0 Å². The van der Waals surface area contributed by atoms with E-state index < -0.39 is 5.97 Å². The van der Waals surface area contributed by atoms with E-state index in [2.05, 4.69) is 22.4 Å². The van der Waals surface area contributed by atoms with Crippen molar-refractivity contribution in [3.05, 3.63) is 101 Å². The van der Waals surface area contributed by atoms with Crippen LogP contribution in [-0.2, 0) is 24.3 Å². The van der Waals surface area contributed by atoms with E-state index in [1.54, 1.807) is 18.4 Å². The van der Waals surface area contributed by atoms with Crippen molar-refractivity contribution in [3.63, 3.8) is 0 Å². The molecule has 9 bridgehead atoms. The summed E-state index contributed by atoms with van der Waals surface area (Å²) in [7, 11) is 0. The van der Waals surface area contributed by atoms with Crippen LogP contribution in [0.5, 0.6) is 5.75 Å². The Bertz CT molecular complexity index is 1540. The number of amides is 1. The molecule has 1 N–H and O–H groups in total. The molecular formula is C29H26N4O4. The van der Waals surface area contributed by atoms with E-state index >= 15 is 0 Å². The van der Waals surface area contributed by atoms with Gasteiger partial charge in [-0.3, -0.25) is 9.59 Å². The summed E-state index contributed by atoms with van der Waals surface area (Å²) in [5, 5.41) is 18.4. The number of aliphatic carboxylic acids is 1. The molecule has 4 aromatic rings. The molecule has 8 nitrogen and oxygen atoms in total. The smallest absolute Gasteiger partial charge is 0.304 e. The van der Waals surface area contributed by atoms with Crippen LogP contribution in [0, 0.1) is 0 Å². The van der Waals surface area contributed by atoms with Crippen LogP contribution in [0.4, 0.5) is 0 Å². The van der Waals surface area contributed by atoms with Gasteiger partial charge < -0.3 is 14.7 Å². The molecule has 0 spiro atoms. The van der Waals surface area contributed by atoms with Gasteiger partial charge in [0.05, 0.1) is 18.2 Å². The maximum absolute atomic E-state index is 13.4. The van der Waals surface area contributed by atoms with Gasteiger partial charge in [0.25, 0.3) is 5.91 Å². The fraction of sp³-hybridized carbons (Fsp3) is 0.241. The normalized spacial score (nSPS) is 18.2. The number of carbonyl (C=O) groups excluding carboxylic acids is 1. The van der Waals surface area contributed by atoms with Gasteiger partial charge in [-0.1, -0.05) is 35.5 Å². The number of carboxylic acid groups (broad SMARTS) is 1. The molecule has 7 rings (SSSR count). The molecule has 1 aromatic heterocycles. The largest absolute Gasteiger partial charge is 0.481 e. The van der Waals surface area contributed by atoms with E-state index in [0.29, 0.717) is 37.4 Å². The van der Waals surface area contributed by atoms with Gasteiger partial charge in [0.1, 0.15) is 11.3 Å². The van der Waals surface area contributed by atoms with Crippen LogP contribution < -0.4 is 4.74 Å². The van der Waals surface area contributed by atoms with E-state index in [9.17, 15) is 14.7 Å². The number of ether oxygens (including phenoxy) is 1. The Kier molecular flexibility index (Phi) is 5.92. The van der Waals surface area contributed by atoms with Crippen molar-refractivity contribution in [2.45, 2.75) is 38.3 Å². The number of aromatic nitrogens is 3. The first-order valence-corrected chi connectivity index (χ1v) is 12.4. The highest BCUT2D eigenvalue weighted by molar-refractivity contribution is 5.94. The molecule has 8 heteroatoms. The third-order valence-corrected chi connectivity index (χ3v) is 7.14. The molecule has 3 aliphatic heterocycles. The predicted molar refractivity (Wildman–Crippen MR) is 137 cm³/mol. The Labute approximate surface area is 213 Å². The lowest BCUT2D eigenvalue weighted by Crippen LogP contribution is -2.36. The van der Waals surface area contributed by atoms with E-state index in [1.165, 1.54) is 5.56 Å². The Hall–Kier alpha value is -4.46. The molecule has 4 heterocycles. The SMILES string of the molecule is O=C(O)CC1c2ccc3c(c2)CN(CC3)C(=O)c2cccc(c2)O/C=C\CCn2nnc3cc1ccc32. The van der Waals surface area contributed by atoms with Gasteiger partial charge in [0.2, 0.25) is 0 Å². The van der Waals surface area contributed by atoms with Crippen LogP contribution in [0.25, 0.3) is 11.0 Å². The highest BCUT2D eigenvalue weighted by Crippen LogP contribution is 2.33. The zero-order chi connectivity index (χ0) is 25.4. The van der Waals surface area contributed by atoms with Crippen LogP contribution in [0.1, 0.15) is 51.4 Å². The Morgan fingerprint density at radius 2 is 1.89 bits per heavy atom. The number of hydrogen-bond acceptors (Lipinski definition) is 5. The predicted octanol–water partition coefficient (Wildman–Crippen LogP) is 4.53. The molecule has 0 fully saturated rings. The topological polar surface area (TPSA) is 97.6 Å². The summed E-state index contributed by atoms with van der Waals surface area (Å²) in [6, 6.07) is 19.2. The van der Waals surface area contributed by atoms with E-state index in [4.69, 9.17) is 4.74 Å². The molecule has 0 radical (unpaired) electrons. The first kappa shape index (κ1) is 23.0. The summed E-state index contributed by atoms with van der Waals surface area (Å²) in [6.45, 7) is 1.72. The summed E-state index contributed by atoms with van der Waals surface area (Å²) in [4.78, 5) is 27.1. The zero-order valence-electron chi connectivity index (χ0n) is 20.2. The average molecular weight is 495 g/mol. The number of benzene rings is 3. The third kappa shape index (κ3) is 4.58. The molecule has 3 aliphatic rings. The van der Waals surface area contributed by atoms with Crippen LogP contribution in [0.2, 0.25) is 0 Å². The fourth-order valence-corrected chi connectivity index (χ4v) is 5.22. The quantitative estimate of drug-likeness (QED) is 0.440. The zero-order valence-corrected chi connectivity index (χ0v) is 20.2. The van der Waals surface area contributed by atoms with Gasteiger partial charge in [-0.15, -0.1) is 5.10 Å². The molecule has 1 unspecified atom stereocenters. The van der Waals surface area contributed by atoms with Gasteiger partial charge in [0.15, 0.2) is 0 Å². The Balaban J connectivity index is 1.45. The lowest BCUT2D eigenvalue weighted by Gasteiger charge is -2.30. The molecule has 0 aliphatic carbocycles. The van der Waals surface area contributed by atoms with Crippen LogP contribution >= 0.6 is 0 Å². The van der Waals surface area contributed by atoms with E-state index in [1.807, 2.05) is 52.1 Å². The van der Waals surface area contributed by atoms with Gasteiger partial charge in [-0.05, 0) is 71.5 Å². The van der Waals surface area contributed by atoms with Crippen molar-refractivity contribution >= 4 is 22.9 Å². The maximum Gasteiger partial charge on any atom is 0.304 e. The number of carboxylic acids is 1. The lowest BCUT2D eigenvalue weighted by molar-refractivity contribution is -0.137. The number of hydrogen-bond donors (Lipinski definition) is 1. The fourth-order valence-electron chi connectivity index (χ4n) is 5.22. The number of rotatable bonds is 2. The Morgan fingerprint density at radius 3 is 2.78 bits per heavy atom. The second kappa shape index (κ2) is 9.54. The lowest BCUT2D eigenvalue weighted by atomic mass is 9.85. The second-order valence-corrected chi connectivity index (χ2v) is 9.52. The second-order valence-electron chi connectivity index (χ2n) is 9.52. The van der Waals surface area contributed by atoms with Crippen LogP contribution in [0.3, 0.4) is 0 Å². The number of allylic oxidation sites excluding steroid dienone is 1. The van der Waals surface area contributed by atoms with E-state index in [0.717, 1.165) is 34.1 Å². The monoisotopic (exact) mass is 494 g/mol. The van der Waals surface area contributed by atoms with Crippen molar-refractivity contribution in [2.75, 3.05) is 6.54 Å². The summed E-state index contributed by atoms with van der Waals surface area (Å²) in [5.41, 5.74) is 6.23. The Morgan fingerprint density at radius 1 is 1.03 bits per heavy atom. The summed E-state index contributed by atoms with van der Waals surface area (Å²) in [5.74, 6) is -0.657. The van der Waals surface area contributed by atoms with Crippen molar-refractivity contribution in [1.29, 1.82) is 0 Å². The molecule has 37 heavy (non-hydrogen) atoms. The van der Waals surface area contributed by atoms with Crippen molar-refractivity contribution in [1.82, 2.24) is 19.9 Å². The summed E-state index contributed by atoms with van der Waals surface area (Å²) >= 11 is 0. The molecule has 186 valence electrons. The van der Waals surface area contributed by atoms with Crippen molar-refractivity contribution in [2.24, 2.45) is 0 Å². The average Bonchev–Trinajstić information content (AvgIpc) is 3.32. The third-order valence-electron chi connectivity index (χ3n) is 7.14. The summed E-state index contributed by atoms with van der Waals surface area (Å²) in [6.07, 6.45) is 4.94. The van der Waals surface area contributed by atoms with Gasteiger partial charge >= 0.3 is 5.97 Å². The number of nitrogens with zero attached hydrogens (tertiary/aromatic N) is 4. The minimum atomic E-state index is -0.869. The number of carbonyl (C=O) groups is 2. The molecule has 3 aromatic carbocycles. The van der Waals surface area contributed by atoms with Gasteiger partial charge in [0, 0.05) is 31.1 Å². The highest BCUT2D eigenvalue weighted by Gasteiger charge is 2.25. The molecule has 0 saturated heterocycles.